The first-order valence-corrected chi connectivity index (χ1v) is 9.80. The molecule has 1 aliphatic rings. The minimum Gasteiger partial charge on any atom is -0.454 e. The summed E-state index contributed by atoms with van der Waals surface area (Å²) in [4.78, 5) is 25.8. The molecule has 8 heteroatoms. The van der Waals surface area contributed by atoms with E-state index in [-0.39, 0.29) is 29.4 Å². The molecule has 0 bridgehead atoms. The fraction of sp³-hybridized carbons (Fsp3) is 0.0833. The number of rotatable bonds is 4. The lowest BCUT2D eigenvalue weighted by Gasteiger charge is -2.11. The predicted molar refractivity (Wildman–Crippen MR) is 116 cm³/mol. The Bertz CT molecular complexity index is 1380. The lowest BCUT2D eigenvalue weighted by atomic mass is 10.1. The first-order valence-electron chi connectivity index (χ1n) is 9.80. The van der Waals surface area contributed by atoms with E-state index in [4.69, 9.17) is 13.9 Å². The van der Waals surface area contributed by atoms with Crippen LogP contribution in [0.2, 0.25) is 0 Å². The molecule has 32 heavy (non-hydrogen) atoms. The number of ether oxygens (including phenoxy) is 2. The minimum atomic E-state index is -0.582. The fourth-order valence-corrected chi connectivity index (χ4v) is 3.57. The van der Waals surface area contributed by atoms with Gasteiger partial charge in [0.05, 0.1) is 11.3 Å². The molecule has 0 unspecified atom stereocenters. The van der Waals surface area contributed by atoms with Gasteiger partial charge in [0, 0.05) is 22.7 Å². The summed E-state index contributed by atoms with van der Waals surface area (Å²) in [7, 11) is 0. The number of para-hydroxylation sites is 2. The van der Waals surface area contributed by atoms with E-state index in [0.717, 1.165) is 0 Å². The van der Waals surface area contributed by atoms with Crippen LogP contribution in [-0.4, -0.2) is 18.6 Å². The molecule has 2 amide bonds. The van der Waals surface area contributed by atoms with Crippen LogP contribution in [0, 0.1) is 12.7 Å². The molecule has 1 aliphatic heterocycles. The van der Waals surface area contributed by atoms with E-state index in [9.17, 15) is 14.0 Å². The maximum Gasteiger partial charge on any atom is 0.291 e. The number of hydrogen-bond acceptors (Lipinski definition) is 5. The van der Waals surface area contributed by atoms with Crippen LogP contribution in [0.5, 0.6) is 11.5 Å². The van der Waals surface area contributed by atoms with E-state index in [2.05, 4.69) is 10.6 Å². The van der Waals surface area contributed by atoms with Crippen LogP contribution in [0.3, 0.4) is 0 Å². The summed E-state index contributed by atoms with van der Waals surface area (Å²) in [6.45, 7) is 1.81. The number of amides is 2. The van der Waals surface area contributed by atoms with E-state index in [1.54, 1.807) is 61.5 Å². The monoisotopic (exact) mass is 432 g/mol. The van der Waals surface area contributed by atoms with Crippen molar-refractivity contribution in [2.24, 2.45) is 0 Å². The normalized spacial score (nSPS) is 12.1. The largest absolute Gasteiger partial charge is 0.454 e. The maximum atomic E-state index is 14.0. The first kappa shape index (κ1) is 19.6. The number of benzene rings is 3. The van der Waals surface area contributed by atoms with Gasteiger partial charge in [-0.3, -0.25) is 9.59 Å². The van der Waals surface area contributed by atoms with Gasteiger partial charge >= 0.3 is 0 Å². The number of aryl methyl sites for hydroxylation is 1. The summed E-state index contributed by atoms with van der Waals surface area (Å²) in [5.41, 5.74) is 1.58. The Labute approximate surface area is 181 Å². The van der Waals surface area contributed by atoms with Crippen molar-refractivity contribution in [2.45, 2.75) is 6.92 Å². The van der Waals surface area contributed by atoms with E-state index in [1.807, 2.05) is 0 Å². The number of furan rings is 1. The Morgan fingerprint density at radius 1 is 0.906 bits per heavy atom. The zero-order valence-corrected chi connectivity index (χ0v) is 16.9. The van der Waals surface area contributed by atoms with Crippen molar-refractivity contribution in [3.63, 3.8) is 0 Å². The van der Waals surface area contributed by atoms with Gasteiger partial charge in [-0.15, -0.1) is 0 Å². The van der Waals surface area contributed by atoms with Gasteiger partial charge in [0.2, 0.25) is 6.79 Å². The molecule has 0 fully saturated rings. The summed E-state index contributed by atoms with van der Waals surface area (Å²) < 4.78 is 30.1. The summed E-state index contributed by atoms with van der Waals surface area (Å²) in [5.74, 6) is -0.428. The maximum absolute atomic E-state index is 14.0. The van der Waals surface area contributed by atoms with E-state index in [1.165, 1.54) is 6.07 Å². The molecule has 0 saturated carbocycles. The van der Waals surface area contributed by atoms with Crippen molar-refractivity contribution in [2.75, 3.05) is 17.4 Å². The molecular weight excluding hydrogens is 415 g/mol. The third-order valence-electron chi connectivity index (χ3n) is 5.17. The average Bonchev–Trinajstić information content (AvgIpc) is 3.39. The highest BCUT2D eigenvalue weighted by molar-refractivity contribution is 6.13. The third kappa shape index (κ3) is 3.41. The van der Waals surface area contributed by atoms with Gasteiger partial charge in [-0.05, 0) is 37.3 Å². The SMILES string of the molecule is Cc1c(C(=O)Nc2ccccc2C(=O)Nc2ccc3c(c2)OCO3)oc2c(F)cccc12. The lowest BCUT2D eigenvalue weighted by Crippen LogP contribution is -2.18. The van der Waals surface area contributed by atoms with Gasteiger partial charge in [-0.25, -0.2) is 4.39 Å². The summed E-state index contributed by atoms with van der Waals surface area (Å²) >= 11 is 0. The van der Waals surface area contributed by atoms with Crippen molar-refractivity contribution in [3.05, 3.63) is 83.4 Å². The van der Waals surface area contributed by atoms with Crippen LogP contribution >= 0.6 is 0 Å². The van der Waals surface area contributed by atoms with Crippen LogP contribution in [0.15, 0.2) is 65.1 Å². The number of anilines is 2. The van der Waals surface area contributed by atoms with Crippen molar-refractivity contribution in [1.29, 1.82) is 0 Å². The van der Waals surface area contributed by atoms with Gasteiger partial charge in [0.1, 0.15) is 0 Å². The molecule has 0 saturated heterocycles. The van der Waals surface area contributed by atoms with Crippen LogP contribution in [0.1, 0.15) is 26.5 Å². The second-order valence-corrected chi connectivity index (χ2v) is 7.19. The van der Waals surface area contributed by atoms with Crippen molar-refractivity contribution in [3.8, 4) is 11.5 Å². The van der Waals surface area contributed by atoms with E-state index >= 15 is 0 Å². The quantitative estimate of drug-likeness (QED) is 0.468. The number of carbonyl (C=O) groups is 2. The smallest absolute Gasteiger partial charge is 0.291 e. The molecule has 4 aromatic rings. The first-order chi connectivity index (χ1) is 15.5. The third-order valence-corrected chi connectivity index (χ3v) is 5.17. The predicted octanol–water partition coefficient (Wildman–Crippen LogP) is 5.11. The lowest BCUT2D eigenvalue weighted by molar-refractivity contribution is 0.0997. The van der Waals surface area contributed by atoms with E-state index < -0.39 is 17.6 Å². The molecular formula is C24H17FN2O5. The number of carbonyl (C=O) groups excluding carboxylic acids is 2. The summed E-state index contributed by atoms with van der Waals surface area (Å²) in [5, 5.41) is 6.00. The standard InChI is InChI=1S/C24H17FN2O5/c1-13-15-6-4-7-17(25)22(15)32-21(13)24(29)27-18-8-3-2-5-16(18)23(28)26-14-9-10-19-20(11-14)31-12-30-19/h2-11H,12H2,1H3,(H,26,28)(H,27,29). The Balaban J connectivity index is 1.40. The molecule has 0 atom stereocenters. The van der Waals surface area contributed by atoms with Gasteiger partial charge in [-0.1, -0.05) is 24.3 Å². The second kappa shape index (κ2) is 7.73. The molecule has 2 heterocycles. The highest BCUT2D eigenvalue weighted by Gasteiger charge is 2.22. The molecule has 0 aliphatic carbocycles. The van der Waals surface area contributed by atoms with Gasteiger partial charge < -0.3 is 24.5 Å². The fourth-order valence-electron chi connectivity index (χ4n) is 3.57. The molecule has 2 N–H and O–H groups in total. The summed E-state index contributed by atoms with van der Waals surface area (Å²) in [6.07, 6.45) is 0. The van der Waals surface area contributed by atoms with Crippen molar-refractivity contribution >= 4 is 34.2 Å². The molecule has 5 rings (SSSR count). The van der Waals surface area contributed by atoms with Gasteiger partial charge in [-0.2, -0.15) is 0 Å². The molecule has 160 valence electrons. The van der Waals surface area contributed by atoms with Crippen LogP contribution in [-0.2, 0) is 0 Å². The van der Waals surface area contributed by atoms with Crippen LogP contribution < -0.4 is 20.1 Å². The zero-order valence-electron chi connectivity index (χ0n) is 16.9. The number of halogens is 1. The van der Waals surface area contributed by atoms with Gasteiger partial charge in [0.25, 0.3) is 11.8 Å². The molecule has 0 radical (unpaired) electrons. The Hall–Kier alpha value is -4.33. The Morgan fingerprint density at radius 3 is 2.56 bits per heavy atom. The van der Waals surface area contributed by atoms with Gasteiger partial charge in [0.15, 0.2) is 28.7 Å². The second-order valence-electron chi connectivity index (χ2n) is 7.19. The highest BCUT2D eigenvalue weighted by atomic mass is 19.1. The summed E-state index contributed by atoms with van der Waals surface area (Å²) in [6, 6.07) is 16.1. The highest BCUT2D eigenvalue weighted by Crippen LogP contribution is 2.34. The molecule has 7 nitrogen and oxygen atoms in total. The average molecular weight is 432 g/mol. The molecule has 0 spiro atoms. The van der Waals surface area contributed by atoms with Crippen molar-refractivity contribution in [1.82, 2.24) is 0 Å². The zero-order chi connectivity index (χ0) is 22.2. The Kier molecular flexibility index (Phi) is 4.74. The van der Waals surface area contributed by atoms with Crippen LogP contribution in [0.25, 0.3) is 11.0 Å². The number of nitrogens with one attached hydrogen (secondary N) is 2. The van der Waals surface area contributed by atoms with Crippen LogP contribution in [0.4, 0.5) is 15.8 Å². The topological polar surface area (TPSA) is 89.8 Å². The van der Waals surface area contributed by atoms with Crippen molar-refractivity contribution < 1.29 is 27.9 Å². The minimum absolute atomic E-state index is 0.0175. The number of hydrogen-bond donors (Lipinski definition) is 2. The Morgan fingerprint density at radius 2 is 1.72 bits per heavy atom. The molecule has 1 aromatic heterocycles. The number of fused-ring (bicyclic) bond motifs is 2. The van der Waals surface area contributed by atoms with E-state index in [0.29, 0.717) is 28.1 Å². The molecule has 3 aromatic carbocycles.